The van der Waals surface area contributed by atoms with E-state index in [0.29, 0.717) is 5.69 Å². The highest BCUT2D eigenvalue weighted by Crippen LogP contribution is 2.21. The number of anilines is 1. The van der Waals surface area contributed by atoms with E-state index in [-0.39, 0.29) is 11.3 Å². The van der Waals surface area contributed by atoms with Crippen LogP contribution in [-0.4, -0.2) is 45.6 Å². The fourth-order valence-corrected chi connectivity index (χ4v) is 1.66. The maximum Gasteiger partial charge on any atom is 0.408 e. The fourth-order valence-electron chi connectivity index (χ4n) is 1.66. The summed E-state index contributed by atoms with van der Waals surface area (Å²) in [6.07, 6.45) is -0.826. The van der Waals surface area contributed by atoms with Crippen LogP contribution in [-0.2, 0) is 16.1 Å². The molecule has 8 heteroatoms. The molecule has 8 nitrogen and oxygen atoms in total. The van der Waals surface area contributed by atoms with Gasteiger partial charge >= 0.3 is 6.09 Å². The third-order valence-electron chi connectivity index (χ3n) is 2.71. The number of ether oxygens (including phenoxy) is 1. The summed E-state index contributed by atoms with van der Waals surface area (Å²) in [5.41, 5.74) is -0.183. The molecule has 0 aliphatic carbocycles. The van der Waals surface area contributed by atoms with Gasteiger partial charge in [0.05, 0.1) is 13.2 Å². The highest BCUT2D eigenvalue weighted by molar-refractivity contribution is 5.96. The lowest BCUT2D eigenvalue weighted by molar-refractivity contribution is -0.119. The molecule has 0 unspecified atom stereocenters. The summed E-state index contributed by atoms with van der Waals surface area (Å²) >= 11 is 0. The average Bonchev–Trinajstić information content (AvgIpc) is 2.44. The number of carbonyl (C=O) groups excluding carboxylic acids is 2. The van der Waals surface area contributed by atoms with E-state index in [1.165, 1.54) is 18.2 Å². The number of hydrogen-bond donors (Lipinski definition) is 5. The molecular weight excluding hydrogens is 304 g/mol. The summed E-state index contributed by atoms with van der Waals surface area (Å²) in [4.78, 5) is 23.7. The molecule has 0 spiro atoms. The number of carbonyl (C=O) groups is 2. The largest absolute Gasteiger partial charge is 0.508 e. The Balaban J connectivity index is 2.72. The van der Waals surface area contributed by atoms with E-state index in [1.807, 2.05) is 0 Å². The Morgan fingerprint density at radius 2 is 1.91 bits per heavy atom. The summed E-state index contributed by atoms with van der Waals surface area (Å²) in [7, 11) is 0. The minimum atomic E-state index is -1.20. The quantitative estimate of drug-likeness (QED) is 0.507. The van der Waals surface area contributed by atoms with E-state index in [9.17, 15) is 19.8 Å². The summed E-state index contributed by atoms with van der Waals surface area (Å²) in [5, 5.41) is 32.5. The first kappa shape index (κ1) is 18.7. The number of benzene rings is 1. The second-order valence-electron chi connectivity index (χ2n) is 5.87. The molecule has 23 heavy (non-hydrogen) atoms. The zero-order valence-electron chi connectivity index (χ0n) is 13.3. The van der Waals surface area contributed by atoms with Crippen molar-refractivity contribution in [2.45, 2.75) is 39.0 Å². The SMILES string of the molecule is CC(C)(C)OC(=O)N[C@H](CO)C(=O)Nc1ccc(O)c(CO)c1. The van der Waals surface area contributed by atoms with E-state index in [0.717, 1.165) is 0 Å². The lowest BCUT2D eigenvalue weighted by atomic mass is 10.2. The molecule has 0 aliphatic rings. The van der Waals surface area contributed by atoms with Crippen molar-refractivity contribution in [1.29, 1.82) is 0 Å². The number of aliphatic hydroxyl groups is 2. The van der Waals surface area contributed by atoms with Crippen molar-refractivity contribution in [3.63, 3.8) is 0 Å². The third-order valence-corrected chi connectivity index (χ3v) is 2.71. The van der Waals surface area contributed by atoms with E-state index < -0.39 is 36.9 Å². The number of aliphatic hydroxyl groups excluding tert-OH is 2. The fraction of sp³-hybridized carbons (Fsp3) is 0.467. The van der Waals surface area contributed by atoms with Gasteiger partial charge in [0, 0.05) is 11.3 Å². The van der Waals surface area contributed by atoms with Crippen molar-refractivity contribution in [3.05, 3.63) is 23.8 Å². The van der Waals surface area contributed by atoms with Gasteiger partial charge in [-0.3, -0.25) is 4.79 Å². The second-order valence-corrected chi connectivity index (χ2v) is 5.87. The van der Waals surface area contributed by atoms with Gasteiger partial charge < -0.3 is 30.7 Å². The Morgan fingerprint density at radius 3 is 2.43 bits per heavy atom. The van der Waals surface area contributed by atoms with Gasteiger partial charge in [0.2, 0.25) is 5.91 Å². The molecule has 0 bridgehead atoms. The Kier molecular flexibility index (Phi) is 6.35. The van der Waals surface area contributed by atoms with Crippen LogP contribution in [0.2, 0.25) is 0 Å². The summed E-state index contributed by atoms with van der Waals surface area (Å²) in [6.45, 7) is 4.01. The van der Waals surface area contributed by atoms with Crippen LogP contribution >= 0.6 is 0 Å². The molecule has 5 N–H and O–H groups in total. The van der Waals surface area contributed by atoms with Gasteiger partial charge in [0.1, 0.15) is 17.4 Å². The predicted octanol–water partition coefficient (Wildman–Crippen LogP) is 0.709. The number of amides is 2. The van der Waals surface area contributed by atoms with E-state index in [2.05, 4.69) is 10.6 Å². The monoisotopic (exact) mass is 326 g/mol. The lowest BCUT2D eigenvalue weighted by Crippen LogP contribution is -2.47. The Labute approximate surface area is 134 Å². The molecule has 2 amide bonds. The first-order chi connectivity index (χ1) is 10.7. The molecule has 128 valence electrons. The molecule has 1 aromatic carbocycles. The standard InChI is InChI=1S/C15H22N2O6/c1-15(2,3)23-14(22)17-11(8-19)13(21)16-10-4-5-12(20)9(6-10)7-18/h4-6,11,18-20H,7-8H2,1-3H3,(H,16,21)(H,17,22)/t11-/m1/s1. The van der Waals surface area contributed by atoms with Crippen LogP contribution in [0.3, 0.4) is 0 Å². The topological polar surface area (TPSA) is 128 Å². The zero-order valence-corrected chi connectivity index (χ0v) is 13.3. The molecule has 1 rings (SSSR count). The van der Waals surface area contributed by atoms with Crippen LogP contribution in [0.25, 0.3) is 0 Å². The Morgan fingerprint density at radius 1 is 1.26 bits per heavy atom. The summed E-state index contributed by atoms with van der Waals surface area (Å²) in [6, 6.07) is 2.93. The molecular formula is C15H22N2O6. The number of rotatable bonds is 5. The van der Waals surface area contributed by atoms with Gasteiger partial charge in [-0.05, 0) is 39.0 Å². The average molecular weight is 326 g/mol. The predicted molar refractivity (Wildman–Crippen MR) is 82.9 cm³/mol. The van der Waals surface area contributed by atoms with Crippen molar-refractivity contribution in [2.24, 2.45) is 0 Å². The normalized spacial score (nSPS) is 12.4. The van der Waals surface area contributed by atoms with Gasteiger partial charge in [-0.2, -0.15) is 0 Å². The maximum absolute atomic E-state index is 12.1. The highest BCUT2D eigenvalue weighted by Gasteiger charge is 2.24. The Bertz CT molecular complexity index is 568. The highest BCUT2D eigenvalue weighted by atomic mass is 16.6. The van der Waals surface area contributed by atoms with Gasteiger partial charge in [-0.1, -0.05) is 0 Å². The van der Waals surface area contributed by atoms with Crippen LogP contribution in [0.1, 0.15) is 26.3 Å². The van der Waals surface area contributed by atoms with Crippen LogP contribution in [0.15, 0.2) is 18.2 Å². The smallest absolute Gasteiger partial charge is 0.408 e. The number of nitrogens with one attached hydrogen (secondary N) is 2. The minimum Gasteiger partial charge on any atom is -0.508 e. The Hall–Kier alpha value is -2.32. The zero-order chi connectivity index (χ0) is 17.6. The molecule has 0 aliphatic heterocycles. The van der Waals surface area contributed by atoms with Crippen molar-refractivity contribution in [3.8, 4) is 5.75 Å². The van der Waals surface area contributed by atoms with Gasteiger partial charge in [-0.15, -0.1) is 0 Å². The van der Waals surface area contributed by atoms with E-state index in [1.54, 1.807) is 20.8 Å². The van der Waals surface area contributed by atoms with Crippen LogP contribution in [0, 0.1) is 0 Å². The number of phenols is 1. The van der Waals surface area contributed by atoms with Crippen molar-refractivity contribution < 1.29 is 29.6 Å². The van der Waals surface area contributed by atoms with Crippen molar-refractivity contribution in [2.75, 3.05) is 11.9 Å². The molecule has 0 aromatic heterocycles. The van der Waals surface area contributed by atoms with Crippen molar-refractivity contribution >= 4 is 17.7 Å². The first-order valence-corrected chi connectivity index (χ1v) is 7.00. The van der Waals surface area contributed by atoms with Gasteiger partial charge in [0.25, 0.3) is 0 Å². The second kappa shape index (κ2) is 7.80. The number of hydrogen-bond acceptors (Lipinski definition) is 6. The molecule has 1 aromatic rings. The summed E-state index contributed by atoms with van der Waals surface area (Å²) < 4.78 is 5.02. The molecule has 0 radical (unpaired) electrons. The van der Waals surface area contributed by atoms with Crippen LogP contribution < -0.4 is 10.6 Å². The van der Waals surface area contributed by atoms with Crippen molar-refractivity contribution in [1.82, 2.24) is 5.32 Å². The van der Waals surface area contributed by atoms with E-state index >= 15 is 0 Å². The molecule has 0 heterocycles. The minimum absolute atomic E-state index is 0.101. The lowest BCUT2D eigenvalue weighted by Gasteiger charge is -2.22. The van der Waals surface area contributed by atoms with Crippen LogP contribution in [0.4, 0.5) is 10.5 Å². The number of aromatic hydroxyl groups is 1. The first-order valence-electron chi connectivity index (χ1n) is 7.00. The molecule has 0 saturated heterocycles. The summed E-state index contributed by atoms with van der Waals surface area (Å²) in [5.74, 6) is -0.760. The molecule has 0 fully saturated rings. The van der Waals surface area contributed by atoms with Gasteiger partial charge in [-0.25, -0.2) is 4.79 Å². The van der Waals surface area contributed by atoms with E-state index in [4.69, 9.17) is 9.84 Å². The maximum atomic E-state index is 12.1. The number of alkyl carbamates (subject to hydrolysis) is 1. The van der Waals surface area contributed by atoms with Gasteiger partial charge in [0.15, 0.2) is 0 Å². The third kappa shape index (κ3) is 6.13. The van der Waals surface area contributed by atoms with Crippen LogP contribution in [0.5, 0.6) is 5.75 Å². The molecule has 0 saturated carbocycles. The molecule has 1 atom stereocenters.